The number of rotatable bonds is 4. The monoisotopic (exact) mass is 204 g/mol. The molecule has 1 heterocycles. The molecule has 0 amide bonds. The van der Waals surface area contributed by atoms with Gasteiger partial charge in [0.05, 0.1) is 6.26 Å². The van der Waals surface area contributed by atoms with E-state index in [4.69, 9.17) is 0 Å². The molecule has 1 aliphatic rings. The smallest absolute Gasteiger partial charge is 0.208 e. The SMILES string of the molecule is CS(=O)(=O)NCCC1=CCNCC1. The van der Waals surface area contributed by atoms with Gasteiger partial charge in [-0.2, -0.15) is 0 Å². The van der Waals surface area contributed by atoms with E-state index in [9.17, 15) is 8.42 Å². The van der Waals surface area contributed by atoms with Gasteiger partial charge in [-0.15, -0.1) is 0 Å². The Balaban J connectivity index is 2.22. The fraction of sp³-hybridized carbons (Fsp3) is 0.750. The first-order valence-corrected chi connectivity index (χ1v) is 6.30. The summed E-state index contributed by atoms with van der Waals surface area (Å²) in [6.45, 7) is 2.43. The van der Waals surface area contributed by atoms with Crippen molar-refractivity contribution in [2.24, 2.45) is 0 Å². The largest absolute Gasteiger partial charge is 0.313 e. The van der Waals surface area contributed by atoms with E-state index in [0.717, 1.165) is 25.9 Å². The van der Waals surface area contributed by atoms with E-state index in [2.05, 4.69) is 16.1 Å². The normalized spacial score (nSPS) is 18.4. The van der Waals surface area contributed by atoms with Gasteiger partial charge in [0.2, 0.25) is 10.0 Å². The number of hydrogen-bond acceptors (Lipinski definition) is 3. The van der Waals surface area contributed by atoms with Crippen LogP contribution in [0, 0.1) is 0 Å². The molecule has 0 fully saturated rings. The number of hydrogen-bond donors (Lipinski definition) is 2. The zero-order valence-electron chi connectivity index (χ0n) is 7.84. The fourth-order valence-corrected chi connectivity index (χ4v) is 1.77. The van der Waals surface area contributed by atoms with Crippen molar-refractivity contribution < 1.29 is 8.42 Å². The molecule has 0 aromatic heterocycles. The van der Waals surface area contributed by atoms with E-state index < -0.39 is 10.0 Å². The average Bonchev–Trinajstić information content (AvgIpc) is 2.04. The molecule has 0 saturated carbocycles. The molecule has 13 heavy (non-hydrogen) atoms. The topological polar surface area (TPSA) is 58.2 Å². The Bertz CT molecular complexity index is 283. The summed E-state index contributed by atoms with van der Waals surface area (Å²) < 4.78 is 23.9. The summed E-state index contributed by atoms with van der Waals surface area (Å²) in [6, 6.07) is 0. The first kappa shape index (κ1) is 10.7. The van der Waals surface area contributed by atoms with Gasteiger partial charge in [0.15, 0.2) is 0 Å². The molecule has 4 nitrogen and oxygen atoms in total. The van der Waals surface area contributed by atoms with E-state index in [-0.39, 0.29) is 0 Å². The van der Waals surface area contributed by atoms with E-state index >= 15 is 0 Å². The molecule has 0 unspecified atom stereocenters. The van der Waals surface area contributed by atoms with Crippen LogP contribution >= 0.6 is 0 Å². The second kappa shape index (κ2) is 4.74. The van der Waals surface area contributed by atoms with Crippen LogP contribution in [-0.4, -0.2) is 34.3 Å². The lowest BCUT2D eigenvalue weighted by Crippen LogP contribution is -2.25. The van der Waals surface area contributed by atoms with Crippen LogP contribution in [0.25, 0.3) is 0 Å². The third kappa shape index (κ3) is 5.02. The molecule has 1 rings (SSSR count). The van der Waals surface area contributed by atoms with Gasteiger partial charge in [-0.05, 0) is 19.4 Å². The molecule has 0 aromatic carbocycles. The van der Waals surface area contributed by atoms with E-state index in [0.29, 0.717) is 6.54 Å². The molecule has 0 atom stereocenters. The number of nitrogens with one attached hydrogen (secondary N) is 2. The summed E-state index contributed by atoms with van der Waals surface area (Å²) in [7, 11) is -3.02. The summed E-state index contributed by atoms with van der Waals surface area (Å²) >= 11 is 0. The minimum absolute atomic E-state index is 0.519. The Hall–Kier alpha value is -0.390. The van der Waals surface area contributed by atoms with Crippen molar-refractivity contribution in [3.8, 4) is 0 Å². The van der Waals surface area contributed by atoms with Crippen LogP contribution in [0.1, 0.15) is 12.8 Å². The van der Waals surface area contributed by atoms with Crippen LogP contribution in [0.2, 0.25) is 0 Å². The highest BCUT2D eigenvalue weighted by Crippen LogP contribution is 2.07. The summed E-state index contributed by atoms with van der Waals surface area (Å²) in [4.78, 5) is 0. The zero-order chi connectivity index (χ0) is 9.73. The Morgan fingerprint density at radius 1 is 1.62 bits per heavy atom. The van der Waals surface area contributed by atoms with Crippen molar-refractivity contribution in [3.05, 3.63) is 11.6 Å². The van der Waals surface area contributed by atoms with Crippen LogP contribution in [0.5, 0.6) is 0 Å². The van der Waals surface area contributed by atoms with Crippen molar-refractivity contribution in [2.45, 2.75) is 12.8 Å². The van der Waals surface area contributed by atoms with Gasteiger partial charge < -0.3 is 5.32 Å². The van der Waals surface area contributed by atoms with Crippen LogP contribution < -0.4 is 10.0 Å². The van der Waals surface area contributed by atoms with Crippen molar-refractivity contribution >= 4 is 10.0 Å². The lowest BCUT2D eigenvalue weighted by Gasteiger charge is -2.13. The Labute approximate surface area is 79.5 Å². The molecule has 0 aromatic rings. The number of sulfonamides is 1. The molecule has 1 aliphatic heterocycles. The van der Waals surface area contributed by atoms with Crippen LogP contribution in [0.4, 0.5) is 0 Å². The maximum Gasteiger partial charge on any atom is 0.208 e. The van der Waals surface area contributed by atoms with E-state index in [1.54, 1.807) is 0 Å². The second-order valence-corrected chi connectivity index (χ2v) is 5.07. The molecule has 0 saturated heterocycles. The molecule has 5 heteroatoms. The molecular weight excluding hydrogens is 188 g/mol. The average molecular weight is 204 g/mol. The van der Waals surface area contributed by atoms with Crippen LogP contribution in [0.3, 0.4) is 0 Å². The highest BCUT2D eigenvalue weighted by atomic mass is 32.2. The lowest BCUT2D eigenvalue weighted by atomic mass is 10.1. The second-order valence-electron chi connectivity index (χ2n) is 3.23. The van der Waals surface area contributed by atoms with Gasteiger partial charge in [-0.3, -0.25) is 0 Å². The highest BCUT2D eigenvalue weighted by molar-refractivity contribution is 7.88. The van der Waals surface area contributed by atoms with E-state index in [1.165, 1.54) is 11.8 Å². The van der Waals surface area contributed by atoms with Gasteiger partial charge >= 0.3 is 0 Å². The standard InChI is InChI=1S/C8H16N2O2S/c1-13(11,12)10-7-4-8-2-5-9-6-3-8/h2,9-10H,3-7H2,1H3. The fourth-order valence-electron chi connectivity index (χ4n) is 1.29. The van der Waals surface area contributed by atoms with Gasteiger partial charge in [-0.25, -0.2) is 13.1 Å². The predicted octanol–water partition coefficient (Wildman–Crippen LogP) is -0.155. The first-order valence-electron chi connectivity index (χ1n) is 4.41. The molecule has 0 radical (unpaired) electrons. The lowest BCUT2D eigenvalue weighted by molar-refractivity contribution is 0.586. The minimum atomic E-state index is -3.02. The van der Waals surface area contributed by atoms with Gasteiger partial charge in [0, 0.05) is 13.1 Å². The van der Waals surface area contributed by atoms with E-state index in [1.807, 2.05) is 0 Å². The maximum absolute atomic E-state index is 10.7. The molecule has 0 spiro atoms. The Morgan fingerprint density at radius 2 is 2.38 bits per heavy atom. The summed E-state index contributed by atoms with van der Waals surface area (Å²) in [6.07, 6.45) is 5.18. The van der Waals surface area contributed by atoms with Gasteiger partial charge in [0.1, 0.15) is 0 Å². The van der Waals surface area contributed by atoms with Gasteiger partial charge in [-0.1, -0.05) is 11.6 Å². The third-order valence-corrected chi connectivity index (χ3v) is 2.70. The zero-order valence-corrected chi connectivity index (χ0v) is 8.65. The van der Waals surface area contributed by atoms with Crippen LogP contribution in [-0.2, 0) is 10.0 Å². The quantitative estimate of drug-likeness (QED) is 0.626. The minimum Gasteiger partial charge on any atom is -0.313 e. The Kier molecular flexibility index (Phi) is 3.90. The van der Waals surface area contributed by atoms with Crippen molar-refractivity contribution in [1.29, 1.82) is 0 Å². The van der Waals surface area contributed by atoms with Crippen molar-refractivity contribution in [3.63, 3.8) is 0 Å². The molecule has 2 N–H and O–H groups in total. The van der Waals surface area contributed by atoms with Crippen LogP contribution in [0.15, 0.2) is 11.6 Å². The maximum atomic E-state index is 10.7. The predicted molar refractivity (Wildman–Crippen MR) is 53.0 cm³/mol. The van der Waals surface area contributed by atoms with Gasteiger partial charge in [0.25, 0.3) is 0 Å². The summed E-state index contributed by atoms with van der Waals surface area (Å²) in [5.41, 5.74) is 1.34. The van der Waals surface area contributed by atoms with Crippen molar-refractivity contribution in [1.82, 2.24) is 10.0 Å². The first-order chi connectivity index (χ1) is 6.08. The summed E-state index contributed by atoms with van der Waals surface area (Å²) in [5.74, 6) is 0. The molecule has 76 valence electrons. The molecule has 0 bridgehead atoms. The third-order valence-electron chi connectivity index (χ3n) is 1.97. The van der Waals surface area contributed by atoms with Crippen molar-refractivity contribution in [2.75, 3.05) is 25.9 Å². The highest BCUT2D eigenvalue weighted by Gasteiger charge is 2.04. The molecular formula is C8H16N2O2S. The Morgan fingerprint density at radius 3 is 2.92 bits per heavy atom. The molecule has 0 aliphatic carbocycles. The summed E-state index contributed by atoms with van der Waals surface area (Å²) in [5, 5.41) is 3.21.